The van der Waals surface area contributed by atoms with Gasteiger partial charge in [0.1, 0.15) is 84.7 Å². The summed E-state index contributed by atoms with van der Waals surface area (Å²) in [6, 6.07) is -10.7. The third-order valence-electron chi connectivity index (χ3n) is 20.1. The van der Waals surface area contributed by atoms with Crippen LogP contribution in [0.1, 0.15) is 190 Å². The Morgan fingerprint density at radius 2 is 0.754 bits per heavy atom. The number of nitrogens with zero attached hydrogens (tertiary/aromatic N) is 4. The quantitative estimate of drug-likeness (QED) is 0.0805. The van der Waals surface area contributed by atoms with Gasteiger partial charge < -0.3 is 90.2 Å². The van der Waals surface area contributed by atoms with Crippen LogP contribution in [0.25, 0.3) is 0 Å². The van der Waals surface area contributed by atoms with E-state index in [0.29, 0.717) is 83.8 Å². The van der Waals surface area contributed by atoms with Crippen molar-refractivity contribution in [3.05, 3.63) is 0 Å². The number of Topliss-reactive ketones (excluding diaryl/α,β-unsaturated/α-hetero) is 2. The Morgan fingerprint density at radius 1 is 0.430 bits per heavy atom. The lowest BCUT2D eigenvalue weighted by Crippen LogP contribution is -2.58. The normalized spacial score (nSPS) is 27.8. The lowest BCUT2D eigenvalue weighted by Gasteiger charge is -2.32. The van der Waals surface area contributed by atoms with Crippen LogP contribution in [-0.4, -0.2) is 292 Å². The minimum absolute atomic E-state index is 0.187. The number of methoxy groups -OCH3 is 2. The Hall–Kier alpha value is -8.64. The van der Waals surface area contributed by atoms with Crippen molar-refractivity contribution in [3.63, 3.8) is 0 Å². The average molecular weight is 1620 g/mol. The highest BCUT2D eigenvalue weighted by atomic mass is 16.6. The van der Waals surface area contributed by atoms with E-state index in [-0.39, 0.29) is 70.9 Å². The average Bonchev–Trinajstić information content (AvgIpc) is 1.67. The van der Waals surface area contributed by atoms with E-state index in [1.54, 1.807) is 96.9 Å². The van der Waals surface area contributed by atoms with Gasteiger partial charge in [0.15, 0.2) is 11.6 Å². The molecule has 6 aliphatic rings. The van der Waals surface area contributed by atoms with Gasteiger partial charge in [0.2, 0.25) is 59.1 Å². The minimum Gasteiger partial charge on any atom is -0.468 e. The first kappa shape index (κ1) is 92.5. The first-order valence-corrected chi connectivity index (χ1v) is 39.8. The van der Waals surface area contributed by atoms with Gasteiger partial charge in [-0.15, -0.1) is 0 Å². The van der Waals surface area contributed by atoms with E-state index in [4.69, 9.17) is 31.2 Å². The van der Waals surface area contributed by atoms with Gasteiger partial charge in [0.25, 0.3) is 0 Å². The molecule has 6 rings (SSSR count). The maximum atomic E-state index is 14.1. The molecule has 6 fully saturated rings. The van der Waals surface area contributed by atoms with E-state index in [2.05, 4.69) is 52.0 Å². The molecule has 114 heavy (non-hydrogen) atoms. The number of ether oxygens (including phenoxy) is 8. The lowest BCUT2D eigenvalue weighted by atomic mass is 9.87. The third kappa shape index (κ3) is 30.2. The summed E-state index contributed by atoms with van der Waals surface area (Å²) in [5.41, 5.74) is -1.51. The zero-order chi connectivity index (χ0) is 86.6. The van der Waals surface area contributed by atoms with E-state index in [9.17, 15) is 76.7 Å². The van der Waals surface area contributed by atoms with Crippen molar-refractivity contribution >= 4 is 94.8 Å². The van der Waals surface area contributed by atoms with E-state index < -0.39 is 229 Å². The van der Waals surface area contributed by atoms with Crippen LogP contribution >= 0.6 is 0 Å². The number of ketones is 2. The highest BCUT2D eigenvalue weighted by molar-refractivity contribution is 6.00. The molecule has 6 aliphatic heterocycles. The fourth-order valence-electron chi connectivity index (χ4n) is 13.7. The second-order valence-electron chi connectivity index (χ2n) is 32.8. The van der Waals surface area contributed by atoms with Crippen LogP contribution in [-0.2, 0) is 105 Å². The van der Waals surface area contributed by atoms with E-state index in [1.165, 1.54) is 26.7 Å². The first-order valence-electron chi connectivity index (χ1n) is 41.0. The molecule has 0 aliphatic carbocycles. The molecule has 0 aromatic carbocycles. The first-order chi connectivity index (χ1) is 54.5. The molecule has 0 radical (unpaired) electrons. The van der Waals surface area contributed by atoms with Crippen LogP contribution in [0.4, 0.5) is 9.59 Å². The molecule has 0 aromatic heterocycles. The molecular weight excluding hydrogens is 1490 g/mol. The van der Waals surface area contributed by atoms with Gasteiger partial charge in [-0.3, -0.25) is 76.9 Å². The summed E-state index contributed by atoms with van der Waals surface area (Å²) in [7, 11) is 2.32. The summed E-state index contributed by atoms with van der Waals surface area (Å²) in [5, 5.41) is 21.0. The van der Waals surface area contributed by atoms with Gasteiger partial charge in [0.05, 0.1) is 40.6 Å². The Kier molecular flexibility index (Phi) is 37.5. The number of rotatable bonds is 16. The number of carbonyl (C=O) groups excluding carboxylic acids is 16. The Morgan fingerprint density at radius 3 is 1.09 bits per heavy atom. The summed E-state index contributed by atoms with van der Waals surface area (Å²) in [6.07, 6.45) is 0.494. The van der Waals surface area contributed by atoms with Crippen LogP contribution in [0.5, 0.6) is 0 Å². The van der Waals surface area contributed by atoms with Crippen molar-refractivity contribution in [3.8, 4) is 0 Å². The number of amides is 12. The van der Waals surface area contributed by atoms with Gasteiger partial charge in [-0.2, -0.15) is 0 Å². The zero-order valence-corrected chi connectivity index (χ0v) is 69.4. The topological polar surface area (TPSA) is 456 Å². The molecule has 36 heteroatoms. The third-order valence-corrected chi connectivity index (χ3v) is 20.1. The monoisotopic (exact) mass is 1620 g/mol. The SMILES string of the molecule is COC(=O)CNC(=O)[C@@H]1COCCCCOC[C@H](NC(=O)[C@@H]2CCCN2C(=O)[C@@H]2CCCN2C(=O)OC(C)(C)C)C(=O)C[C@@H](C(C)C)C(=O)N[C@@H](C(C)C)C(=O)N1.[3H]C1COC[C@H](NC(=O)[C@@H]2CCCN2C(=O)[C@@H]2CCCN2C(=O)OC(C)(C)C)C(=O)C[C@@H](C(C)C)C(=O)N[C@@H](C(C)C)C(=O)N[C@H](C(=O)NCC(=O)OC)COCC1[3H]. The summed E-state index contributed by atoms with van der Waals surface area (Å²) in [6.45, 7) is 23.0. The summed E-state index contributed by atoms with van der Waals surface area (Å²) >= 11 is 0. The van der Waals surface area contributed by atoms with Crippen molar-refractivity contribution in [1.82, 2.24) is 62.1 Å². The molecule has 14 atom stereocenters. The second-order valence-corrected chi connectivity index (χ2v) is 32.8. The molecule has 644 valence electrons. The predicted octanol–water partition coefficient (Wildman–Crippen LogP) is 1.67. The van der Waals surface area contributed by atoms with Crippen molar-refractivity contribution in [2.75, 3.05) is 106 Å². The summed E-state index contributed by atoms with van der Waals surface area (Å²) in [5.74, 6) is -12.0. The molecule has 0 aromatic rings. The Bertz CT molecular complexity index is 3410. The zero-order valence-electron chi connectivity index (χ0n) is 71.4. The van der Waals surface area contributed by atoms with Crippen molar-refractivity contribution in [2.24, 2.45) is 35.5 Å². The minimum atomic E-state index is -1.35. The molecule has 0 bridgehead atoms. The van der Waals surface area contributed by atoms with Crippen LogP contribution in [0.15, 0.2) is 0 Å². The van der Waals surface area contributed by atoms with Crippen LogP contribution in [0.3, 0.4) is 0 Å². The molecule has 12 amide bonds. The number of hydrogen-bond acceptors (Lipinski definition) is 24. The predicted molar refractivity (Wildman–Crippen MR) is 410 cm³/mol. The highest BCUT2D eigenvalue weighted by Gasteiger charge is 2.47. The van der Waals surface area contributed by atoms with E-state index in [0.717, 1.165) is 7.11 Å². The molecule has 6 heterocycles. The molecule has 36 nitrogen and oxygen atoms in total. The van der Waals surface area contributed by atoms with Crippen LogP contribution < -0.4 is 42.5 Å². The van der Waals surface area contributed by atoms with Crippen molar-refractivity contribution in [2.45, 2.75) is 258 Å². The van der Waals surface area contributed by atoms with E-state index >= 15 is 0 Å². The smallest absolute Gasteiger partial charge is 0.410 e. The molecule has 6 saturated heterocycles. The van der Waals surface area contributed by atoms with E-state index in [1.807, 2.05) is 0 Å². The van der Waals surface area contributed by atoms with Crippen LogP contribution in [0, 0.1) is 35.5 Å². The summed E-state index contributed by atoms with van der Waals surface area (Å²) in [4.78, 5) is 219. The maximum Gasteiger partial charge on any atom is 0.410 e. The number of nitrogens with one attached hydrogen (secondary N) is 8. The lowest BCUT2D eigenvalue weighted by molar-refractivity contribution is -0.143. The second kappa shape index (κ2) is 46.2. The van der Waals surface area contributed by atoms with Gasteiger partial charge in [-0.05, 0) is 142 Å². The molecular formula is C78H128N12O24. The molecule has 8 N–H and O–H groups in total. The fraction of sp³-hybridized carbons (Fsp3) is 0.795. The number of carbonyl (C=O) groups is 16. The largest absolute Gasteiger partial charge is 0.468 e. The number of likely N-dealkylation sites (tertiary alicyclic amines) is 4. The molecule has 0 saturated carbocycles. The van der Waals surface area contributed by atoms with Crippen molar-refractivity contribution in [1.29, 1.82) is 0 Å². The van der Waals surface area contributed by atoms with Gasteiger partial charge >= 0.3 is 24.1 Å². The maximum absolute atomic E-state index is 14.1. The highest BCUT2D eigenvalue weighted by Crippen LogP contribution is 2.30. The van der Waals surface area contributed by atoms with Crippen LogP contribution in [0.2, 0.25) is 0 Å². The number of hydrogen-bond donors (Lipinski definition) is 8. The Labute approximate surface area is 672 Å². The Balaban J connectivity index is 0.000000414. The van der Waals surface area contributed by atoms with Crippen molar-refractivity contribution < 1.29 is 117 Å². The van der Waals surface area contributed by atoms with Gasteiger partial charge in [-0.25, -0.2) is 9.59 Å². The molecule has 2 unspecified atom stereocenters. The van der Waals surface area contributed by atoms with Gasteiger partial charge in [-0.1, -0.05) is 55.4 Å². The molecule has 0 spiro atoms. The summed E-state index contributed by atoms with van der Waals surface area (Å²) < 4.78 is 60.1. The van der Waals surface area contributed by atoms with Gasteiger partial charge in [0, 0.05) is 80.0 Å². The number of esters is 2. The fourth-order valence-corrected chi connectivity index (χ4v) is 13.7. The standard InChI is InChI=1S/2C39H64N6O12/c2*1-23(2)25-19-30(46)26(41-35(50)28-13-11-15-44(28)37(52)29-14-12-16-45(29)38(53)57-39(5,6)7)21-55-17-9-10-18-56-22-27(34(49)40-20-31(47)54-8)42-36(51)32(24(3)4)43-33(25)48/h2*23-29,32H,9-22H2,1-8H3,(H,40,49)(H,41,50)(H,42,51)(H,43,48)/t2*25-,26-,27-,28-,29-,32-/m00/s1/i9T,10T;/t9?,10?,25-,26-,27-,28-,29-,32-;.